The van der Waals surface area contributed by atoms with E-state index >= 15 is 0 Å². The fraction of sp³-hybridized carbons (Fsp3) is 0.400. The van der Waals surface area contributed by atoms with Crippen molar-refractivity contribution in [3.8, 4) is 0 Å². The minimum Gasteiger partial charge on any atom is -0.462 e. The molecular formula is C15H18ClNO5. The third-order valence-electron chi connectivity index (χ3n) is 2.61. The van der Waals surface area contributed by atoms with E-state index in [1.807, 2.05) is 0 Å². The second-order valence-corrected chi connectivity index (χ2v) is 5.08. The first-order chi connectivity index (χ1) is 10.4. The molecule has 0 radical (unpaired) electrons. The van der Waals surface area contributed by atoms with Crippen molar-refractivity contribution < 1.29 is 23.9 Å². The Morgan fingerprint density at radius 2 is 1.77 bits per heavy atom. The second-order valence-electron chi connectivity index (χ2n) is 4.64. The van der Waals surface area contributed by atoms with Crippen LogP contribution in [0.1, 0.15) is 19.4 Å². The van der Waals surface area contributed by atoms with Gasteiger partial charge in [-0.05, 0) is 17.7 Å². The molecule has 6 nitrogen and oxygen atoms in total. The van der Waals surface area contributed by atoms with E-state index in [1.54, 1.807) is 24.3 Å². The molecular weight excluding hydrogens is 310 g/mol. The smallest absolute Gasteiger partial charge is 0.303 e. The number of halogens is 1. The largest absolute Gasteiger partial charge is 0.462 e. The van der Waals surface area contributed by atoms with Gasteiger partial charge in [-0.3, -0.25) is 14.4 Å². The Morgan fingerprint density at radius 1 is 1.14 bits per heavy atom. The quantitative estimate of drug-likeness (QED) is 0.767. The van der Waals surface area contributed by atoms with Crippen LogP contribution in [0.25, 0.3) is 0 Å². The number of hydrogen-bond donors (Lipinski definition) is 1. The van der Waals surface area contributed by atoms with Gasteiger partial charge < -0.3 is 14.8 Å². The Kier molecular flexibility index (Phi) is 7.39. The van der Waals surface area contributed by atoms with Crippen LogP contribution in [0.4, 0.5) is 0 Å². The first-order valence-electron chi connectivity index (χ1n) is 6.68. The summed E-state index contributed by atoms with van der Waals surface area (Å²) in [7, 11) is 0. The SMILES string of the molecule is CC(=O)OCC(CNC(=O)Cc1ccc(Cl)cc1)OC(C)=O. The lowest BCUT2D eigenvalue weighted by atomic mass is 10.1. The normalized spacial score (nSPS) is 11.4. The number of carbonyl (C=O) groups excluding carboxylic acids is 3. The van der Waals surface area contributed by atoms with Gasteiger partial charge in [0.2, 0.25) is 5.91 Å². The summed E-state index contributed by atoms with van der Waals surface area (Å²) in [6, 6.07) is 6.91. The van der Waals surface area contributed by atoms with Crippen LogP contribution in [-0.4, -0.2) is 37.1 Å². The number of ether oxygens (including phenoxy) is 2. The highest BCUT2D eigenvalue weighted by atomic mass is 35.5. The zero-order chi connectivity index (χ0) is 16.5. The highest BCUT2D eigenvalue weighted by molar-refractivity contribution is 6.30. The van der Waals surface area contributed by atoms with E-state index in [0.29, 0.717) is 5.02 Å². The molecule has 1 unspecified atom stereocenters. The number of hydrogen-bond acceptors (Lipinski definition) is 5. The van der Waals surface area contributed by atoms with Crippen LogP contribution >= 0.6 is 11.6 Å². The van der Waals surface area contributed by atoms with Crippen LogP contribution in [-0.2, 0) is 30.3 Å². The maximum absolute atomic E-state index is 11.8. The van der Waals surface area contributed by atoms with E-state index in [1.165, 1.54) is 13.8 Å². The van der Waals surface area contributed by atoms with Gasteiger partial charge in [0.1, 0.15) is 6.61 Å². The van der Waals surface area contributed by atoms with Crippen molar-refractivity contribution in [2.45, 2.75) is 26.4 Å². The molecule has 120 valence electrons. The van der Waals surface area contributed by atoms with E-state index in [2.05, 4.69) is 5.32 Å². The van der Waals surface area contributed by atoms with E-state index in [9.17, 15) is 14.4 Å². The minimum atomic E-state index is -0.712. The summed E-state index contributed by atoms with van der Waals surface area (Å²) in [5, 5.41) is 3.23. The molecule has 0 saturated heterocycles. The number of nitrogens with one attached hydrogen (secondary N) is 1. The van der Waals surface area contributed by atoms with Gasteiger partial charge in [-0.2, -0.15) is 0 Å². The third-order valence-corrected chi connectivity index (χ3v) is 2.86. The standard InChI is InChI=1S/C15H18ClNO5/c1-10(18)21-9-14(22-11(2)19)8-17-15(20)7-12-3-5-13(16)6-4-12/h3-6,14H,7-9H2,1-2H3,(H,17,20). The van der Waals surface area contributed by atoms with Crippen molar-refractivity contribution in [1.82, 2.24) is 5.32 Å². The predicted molar refractivity (Wildman–Crippen MR) is 80.4 cm³/mol. The summed E-state index contributed by atoms with van der Waals surface area (Å²) in [5.41, 5.74) is 0.811. The average molecular weight is 328 g/mol. The summed E-state index contributed by atoms with van der Waals surface area (Å²) in [5.74, 6) is -1.23. The van der Waals surface area contributed by atoms with Crippen molar-refractivity contribution in [3.05, 3.63) is 34.9 Å². The second kappa shape index (κ2) is 9.04. The fourth-order valence-electron chi connectivity index (χ4n) is 1.66. The number of esters is 2. The summed E-state index contributed by atoms with van der Waals surface area (Å²) < 4.78 is 9.76. The van der Waals surface area contributed by atoms with Crippen LogP contribution in [0.3, 0.4) is 0 Å². The Labute approximate surface area is 133 Å². The molecule has 0 aliphatic heterocycles. The van der Waals surface area contributed by atoms with E-state index in [-0.39, 0.29) is 25.5 Å². The molecule has 1 amide bonds. The van der Waals surface area contributed by atoms with E-state index < -0.39 is 18.0 Å². The van der Waals surface area contributed by atoms with Crippen molar-refractivity contribution in [1.29, 1.82) is 0 Å². The van der Waals surface area contributed by atoms with E-state index in [0.717, 1.165) is 5.56 Å². The zero-order valence-corrected chi connectivity index (χ0v) is 13.2. The van der Waals surface area contributed by atoms with Gasteiger partial charge in [0, 0.05) is 18.9 Å². The molecule has 0 aromatic heterocycles. The van der Waals surface area contributed by atoms with Crippen LogP contribution in [0.2, 0.25) is 5.02 Å². The van der Waals surface area contributed by atoms with Gasteiger partial charge in [0.05, 0.1) is 13.0 Å². The Hall–Kier alpha value is -2.08. The number of rotatable bonds is 7. The molecule has 0 fully saturated rings. The van der Waals surface area contributed by atoms with Crippen molar-refractivity contribution in [2.24, 2.45) is 0 Å². The van der Waals surface area contributed by atoms with Crippen LogP contribution < -0.4 is 5.32 Å². The molecule has 0 aliphatic rings. The van der Waals surface area contributed by atoms with E-state index in [4.69, 9.17) is 21.1 Å². The number of amides is 1. The maximum Gasteiger partial charge on any atom is 0.303 e. The Bertz CT molecular complexity index is 529. The number of benzene rings is 1. The maximum atomic E-state index is 11.8. The summed E-state index contributed by atoms with van der Waals surface area (Å²) >= 11 is 5.77. The molecule has 0 heterocycles. The molecule has 22 heavy (non-hydrogen) atoms. The first kappa shape index (κ1) is 18.0. The lowest BCUT2D eigenvalue weighted by molar-refractivity contribution is -0.156. The molecule has 7 heteroatoms. The van der Waals surface area contributed by atoms with Gasteiger partial charge in [0.15, 0.2) is 6.10 Å². The topological polar surface area (TPSA) is 81.7 Å². The molecule has 0 aliphatic carbocycles. The van der Waals surface area contributed by atoms with Crippen molar-refractivity contribution >= 4 is 29.4 Å². The molecule has 0 saturated carbocycles. The summed E-state index contributed by atoms with van der Waals surface area (Å²) in [6.45, 7) is 2.47. The highest BCUT2D eigenvalue weighted by Gasteiger charge is 2.15. The Balaban J connectivity index is 2.44. The van der Waals surface area contributed by atoms with Crippen LogP contribution in [0.15, 0.2) is 24.3 Å². The molecule has 1 rings (SSSR count). The summed E-state index contributed by atoms with van der Waals surface area (Å²) in [4.78, 5) is 33.6. The van der Waals surface area contributed by atoms with Gasteiger partial charge in [-0.15, -0.1) is 0 Å². The monoisotopic (exact) mass is 327 g/mol. The molecule has 1 N–H and O–H groups in total. The molecule has 0 bridgehead atoms. The zero-order valence-electron chi connectivity index (χ0n) is 12.4. The minimum absolute atomic E-state index is 0.0687. The first-order valence-corrected chi connectivity index (χ1v) is 7.06. The summed E-state index contributed by atoms with van der Waals surface area (Å²) in [6.07, 6.45) is -0.534. The average Bonchev–Trinajstić information content (AvgIpc) is 2.44. The van der Waals surface area contributed by atoms with Gasteiger partial charge in [-0.25, -0.2) is 0 Å². The molecule has 1 aromatic carbocycles. The van der Waals surface area contributed by atoms with Gasteiger partial charge in [0.25, 0.3) is 0 Å². The third kappa shape index (κ3) is 7.64. The lowest BCUT2D eigenvalue weighted by Crippen LogP contribution is -2.38. The van der Waals surface area contributed by atoms with Crippen molar-refractivity contribution in [3.63, 3.8) is 0 Å². The lowest BCUT2D eigenvalue weighted by Gasteiger charge is -2.17. The van der Waals surface area contributed by atoms with Crippen LogP contribution in [0.5, 0.6) is 0 Å². The fourth-order valence-corrected chi connectivity index (χ4v) is 1.78. The Morgan fingerprint density at radius 3 is 2.32 bits per heavy atom. The molecule has 1 aromatic rings. The molecule has 1 atom stereocenters. The molecule has 0 spiro atoms. The van der Waals surface area contributed by atoms with Gasteiger partial charge >= 0.3 is 11.9 Å². The van der Waals surface area contributed by atoms with Crippen LogP contribution in [0, 0.1) is 0 Å². The predicted octanol–water partition coefficient (Wildman–Crippen LogP) is 1.49. The van der Waals surface area contributed by atoms with Gasteiger partial charge in [-0.1, -0.05) is 23.7 Å². The highest BCUT2D eigenvalue weighted by Crippen LogP contribution is 2.09. The number of carbonyl (C=O) groups is 3. The van der Waals surface area contributed by atoms with Crippen molar-refractivity contribution in [2.75, 3.05) is 13.2 Å².